The first kappa shape index (κ1) is 13.6. The third kappa shape index (κ3) is 2.57. The SMILES string of the molecule is Cc1ccc(C(=O)NC2CCNC3(CCC3)C2)cc1F. The standard InChI is InChI=1S/C16H21FN2O/c1-11-3-4-12(9-14(11)17)15(20)19-13-5-8-18-16(10-13)6-2-7-16/h3-4,9,13,18H,2,5-8,10H2,1H3,(H,19,20). The minimum atomic E-state index is -0.321. The summed E-state index contributed by atoms with van der Waals surface area (Å²) in [4.78, 5) is 12.2. The summed E-state index contributed by atoms with van der Waals surface area (Å²) in [5.74, 6) is -0.483. The minimum absolute atomic E-state index is 0.162. The lowest BCUT2D eigenvalue weighted by Gasteiger charge is -2.48. The average molecular weight is 276 g/mol. The number of hydrogen-bond donors (Lipinski definition) is 2. The molecule has 1 heterocycles. The van der Waals surface area contributed by atoms with Gasteiger partial charge >= 0.3 is 0 Å². The first-order valence-electron chi connectivity index (χ1n) is 7.40. The van der Waals surface area contributed by atoms with Crippen LogP contribution in [-0.4, -0.2) is 24.0 Å². The second kappa shape index (κ2) is 5.17. The highest BCUT2D eigenvalue weighted by atomic mass is 19.1. The maximum Gasteiger partial charge on any atom is 0.251 e. The summed E-state index contributed by atoms with van der Waals surface area (Å²) in [5.41, 5.74) is 1.24. The molecule has 0 radical (unpaired) electrons. The van der Waals surface area contributed by atoms with Gasteiger partial charge in [0.25, 0.3) is 5.91 Å². The van der Waals surface area contributed by atoms with Crippen LogP contribution >= 0.6 is 0 Å². The molecule has 1 spiro atoms. The summed E-state index contributed by atoms with van der Waals surface area (Å²) in [6, 6.07) is 4.87. The number of rotatable bonds is 2. The Labute approximate surface area is 118 Å². The molecule has 2 N–H and O–H groups in total. The third-order valence-corrected chi connectivity index (χ3v) is 4.71. The Kier molecular flexibility index (Phi) is 3.50. The van der Waals surface area contributed by atoms with Gasteiger partial charge in [0.1, 0.15) is 5.82 Å². The van der Waals surface area contributed by atoms with E-state index >= 15 is 0 Å². The van der Waals surface area contributed by atoms with E-state index in [1.807, 2.05) is 0 Å². The third-order valence-electron chi connectivity index (χ3n) is 4.71. The molecule has 1 amide bonds. The van der Waals surface area contributed by atoms with Gasteiger partial charge in [-0.1, -0.05) is 6.07 Å². The molecule has 1 aromatic carbocycles. The zero-order chi connectivity index (χ0) is 14.2. The summed E-state index contributed by atoms with van der Waals surface area (Å²) in [5, 5.41) is 6.64. The number of piperidine rings is 1. The number of carbonyl (C=O) groups is 1. The Bertz CT molecular complexity index is 525. The highest BCUT2D eigenvalue weighted by Crippen LogP contribution is 2.38. The lowest BCUT2D eigenvalue weighted by Crippen LogP contribution is -2.59. The van der Waals surface area contributed by atoms with Gasteiger partial charge in [-0.25, -0.2) is 4.39 Å². The van der Waals surface area contributed by atoms with Gasteiger partial charge in [-0.3, -0.25) is 4.79 Å². The van der Waals surface area contributed by atoms with Crippen molar-refractivity contribution in [3.8, 4) is 0 Å². The van der Waals surface area contributed by atoms with Gasteiger partial charge in [-0.2, -0.15) is 0 Å². The zero-order valence-corrected chi connectivity index (χ0v) is 11.8. The van der Waals surface area contributed by atoms with Crippen molar-refractivity contribution in [2.45, 2.75) is 50.6 Å². The van der Waals surface area contributed by atoms with Gasteiger partial charge < -0.3 is 10.6 Å². The molecule has 3 rings (SSSR count). The van der Waals surface area contributed by atoms with Crippen molar-refractivity contribution < 1.29 is 9.18 Å². The van der Waals surface area contributed by atoms with Crippen LogP contribution in [0, 0.1) is 12.7 Å². The highest BCUT2D eigenvalue weighted by Gasteiger charge is 2.41. The van der Waals surface area contributed by atoms with E-state index in [9.17, 15) is 9.18 Å². The number of carbonyl (C=O) groups excluding carboxylic acids is 1. The topological polar surface area (TPSA) is 41.1 Å². The number of halogens is 1. The van der Waals surface area contributed by atoms with Crippen molar-refractivity contribution in [3.63, 3.8) is 0 Å². The molecule has 1 atom stereocenters. The van der Waals surface area contributed by atoms with Crippen LogP contribution < -0.4 is 10.6 Å². The lowest BCUT2D eigenvalue weighted by molar-refractivity contribution is 0.0852. The van der Waals surface area contributed by atoms with Crippen molar-refractivity contribution in [2.24, 2.45) is 0 Å². The molecular formula is C16H21FN2O. The van der Waals surface area contributed by atoms with E-state index in [-0.39, 0.29) is 23.3 Å². The van der Waals surface area contributed by atoms with Crippen molar-refractivity contribution in [1.29, 1.82) is 0 Å². The fourth-order valence-corrected chi connectivity index (χ4v) is 3.27. The Morgan fingerprint density at radius 2 is 2.25 bits per heavy atom. The normalized spacial score (nSPS) is 24.2. The van der Waals surface area contributed by atoms with Crippen LogP contribution in [0.15, 0.2) is 18.2 Å². The van der Waals surface area contributed by atoms with Gasteiger partial charge in [0.05, 0.1) is 0 Å². The van der Waals surface area contributed by atoms with Crippen LogP contribution in [0.1, 0.15) is 48.0 Å². The van der Waals surface area contributed by atoms with Crippen LogP contribution in [0.2, 0.25) is 0 Å². The Morgan fingerprint density at radius 3 is 2.90 bits per heavy atom. The van der Waals surface area contributed by atoms with Crippen molar-refractivity contribution in [2.75, 3.05) is 6.54 Å². The second-order valence-corrected chi connectivity index (χ2v) is 6.19. The number of benzene rings is 1. The summed E-state index contributed by atoms with van der Waals surface area (Å²) >= 11 is 0. The predicted octanol–water partition coefficient (Wildman–Crippen LogP) is 2.54. The van der Waals surface area contributed by atoms with Crippen molar-refractivity contribution in [3.05, 3.63) is 35.1 Å². The smallest absolute Gasteiger partial charge is 0.251 e. The Morgan fingerprint density at radius 1 is 1.45 bits per heavy atom. The van der Waals surface area contributed by atoms with E-state index in [1.54, 1.807) is 19.1 Å². The van der Waals surface area contributed by atoms with E-state index in [0.29, 0.717) is 11.1 Å². The zero-order valence-electron chi connectivity index (χ0n) is 11.8. The molecule has 2 fully saturated rings. The molecule has 1 saturated carbocycles. The van der Waals surface area contributed by atoms with Gasteiger partial charge in [-0.15, -0.1) is 0 Å². The largest absolute Gasteiger partial charge is 0.349 e. The van der Waals surface area contributed by atoms with E-state index in [4.69, 9.17) is 0 Å². The summed E-state index contributed by atoms with van der Waals surface area (Å²) in [6.45, 7) is 2.65. The summed E-state index contributed by atoms with van der Waals surface area (Å²) in [7, 11) is 0. The van der Waals surface area contributed by atoms with Gasteiger partial charge in [0.2, 0.25) is 0 Å². The quantitative estimate of drug-likeness (QED) is 0.871. The minimum Gasteiger partial charge on any atom is -0.349 e. The molecule has 3 nitrogen and oxygen atoms in total. The van der Waals surface area contributed by atoms with Crippen LogP contribution in [0.5, 0.6) is 0 Å². The molecule has 1 aromatic rings. The molecule has 2 aliphatic rings. The lowest BCUT2D eigenvalue weighted by atomic mass is 9.70. The maximum atomic E-state index is 13.5. The molecule has 1 aliphatic carbocycles. The molecule has 1 unspecified atom stereocenters. The second-order valence-electron chi connectivity index (χ2n) is 6.19. The molecule has 108 valence electrons. The fourth-order valence-electron chi connectivity index (χ4n) is 3.27. The number of nitrogens with one attached hydrogen (secondary N) is 2. The van der Waals surface area contributed by atoms with E-state index < -0.39 is 0 Å². The summed E-state index contributed by atoms with van der Waals surface area (Å²) in [6.07, 6.45) is 5.63. The predicted molar refractivity (Wildman–Crippen MR) is 76.2 cm³/mol. The number of amides is 1. The molecular weight excluding hydrogens is 255 g/mol. The van der Waals surface area contributed by atoms with Crippen LogP contribution in [0.3, 0.4) is 0 Å². The van der Waals surface area contributed by atoms with Crippen molar-refractivity contribution in [1.82, 2.24) is 10.6 Å². The fraction of sp³-hybridized carbons (Fsp3) is 0.562. The molecule has 20 heavy (non-hydrogen) atoms. The molecule has 0 bridgehead atoms. The first-order valence-corrected chi connectivity index (χ1v) is 7.40. The van der Waals surface area contributed by atoms with Crippen LogP contribution in [-0.2, 0) is 0 Å². The van der Waals surface area contributed by atoms with E-state index in [1.165, 1.54) is 25.3 Å². The van der Waals surface area contributed by atoms with Gasteiger partial charge in [0.15, 0.2) is 0 Å². The first-order chi connectivity index (χ1) is 9.58. The van der Waals surface area contributed by atoms with Crippen LogP contribution in [0.25, 0.3) is 0 Å². The van der Waals surface area contributed by atoms with Crippen molar-refractivity contribution >= 4 is 5.91 Å². The maximum absolute atomic E-state index is 13.5. The average Bonchev–Trinajstić information content (AvgIpc) is 2.40. The monoisotopic (exact) mass is 276 g/mol. The molecule has 0 aromatic heterocycles. The molecule has 1 saturated heterocycles. The van der Waals surface area contributed by atoms with Crippen LogP contribution in [0.4, 0.5) is 4.39 Å². The molecule has 4 heteroatoms. The Balaban J connectivity index is 1.64. The molecule has 1 aliphatic heterocycles. The van der Waals surface area contributed by atoms with E-state index in [2.05, 4.69) is 10.6 Å². The number of aryl methyl sites for hydroxylation is 1. The van der Waals surface area contributed by atoms with E-state index in [0.717, 1.165) is 19.4 Å². The highest BCUT2D eigenvalue weighted by molar-refractivity contribution is 5.94. The van der Waals surface area contributed by atoms with Gasteiger partial charge in [-0.05, 0) is 63.3 Å². The number of hydrogen-bond acceptors (Lipinski definition) is 2. The summed E-state index contributed by atoms with van der Waals surface area (Å²) < 4.78 is 13.5. The van der Waals surface area contributed by atoms with Gasteiger partial charge in [0, 0.05) is 17.1 Å². The Hall–Kier alpha value is -1.42.